The third-order valence-corrected chi connectivity index (χ3v) is 3.98. The Morgan fingerprint density at radius 2 is 1.75 bits per heavy atom. The maximum absolute atomic E-state index is 12.5. The second-order valence-corrected chi connectivity index (χ2v) is 6.28. The van der Waals surface area contributed by atoms with Crippen LogP contribution in [0.1, 0.15) is 26.7 Å². The first-order chi connectivity index (χ1) is 13.4. The van der Waals surface area contributed by atoms with Crippen LogP contribution in [0.5, 0.6) is 0 Å². The molecule has 1 amide bonds. The van der Waals surface area contributed by atoms with Crippen molar-refractivity contribution < 1.29 is 14.3 Å². The Morgan fingerprint density at radius 3 is 2.46 bits per heavy atom. The summed E-state index contributed by atoms with van der Waals surface area (Å²) in [5, 5.41) is 6.41. The van der Waals surface area contributed by atoms with E-state index in [0.29, 0.717) is 33.6 Å². The first-order valence-corrected chi connectivity index (χ1v) is 8.70. The molecule has 2 aromatic carbocycles. The van der Waals surface area contributed by atoms with Crippen molar-refractivity contribution in [3.8, 4) is 0 Å². The summed E-state index contributed by atoms with van der Waals surface area (Å²) in [5.74, 6) is 0.0379. The van der Waals surface area contributed by atoms with Gasteiger partial charge in [0.15, 0.2) is 0 Å². The van der Waals surface area contributed by atoms with Gasteiger partial charge in [-0.05, 0) is 49.4 Å². The van der Waals surface area contributed by atoms with E-state index < -0.39 is 5.97 Å². The van der Waals surface area contributed by atoms with Gasteiger partial charge in [-0.15, -0.1) is 0 Å². The van der Waals surface area contributed by atoms with Gasteiger partial charge in [-0.3, -0.25) is 4.79 Å². The summed E-state index contributed by atoms with van der Waals surface area (Å²) in [6.45, 7) is 1.69. The maximum Gasteiger partial charge on any atom is 0.337 e. The number of nitrogens with zero attached hydrogens (tertiary/aromatic N) is 2. The molecule has 0 radical (unpaired) electrons. The van der Waals surface area contributed by atoms with Crippen LogP contribution in [0.15, 0.2) is 54.6 Å². The van der Waals surface area contributed by atoms with E-state index >= 15 is 0 Å². The number of hydrogen-bond acceptors (Lipinski definition) is 6. The average Bonchev–Trinajstić information content (AvgIpc) is 2.69. The molecule has 1 aromatic heterocycles. The lowest BCUT2D eigenvalue weighted by Gasteiger charge is -2.10. The molecule has 0 aliphatic heterocycles. The van der Waals surface area contributed by atoms with Gasteiger partial charge in [0, 0.05) is 22.5 Å². The van der Waals surface area contributed by atoms with Crippen LogP contribution in [-0.2, 0) is 4.74 Å². The summed E-state index contributed by atoms with van der Waals surface area (Å²) in [4.78, 5) is 32.7. The van der Waals surface area contributed by atoms with Crippen molar-refractivity contribution in [2.75, 3.05) is 17.7 Å². The number of nitrogens with one attached hydrogen (secondary N) is 2. The Labute approximate surface area is 166 Å². The molecule has 7 nitrogen and oxygen atoms in total. The highest BCUT2D eigenvalue weighted by molar-refractivity contribution is 6.30. The molecule has 142 valence electrons. The zero-order chi connectivity index (χ0) is 20.1. The number of benzene rings is 2. The quantitative estimate of drug-likeness (QED) is 0.627. The molecule has 1 heterocycles. The third-order valence-electron chi connectivity index (χ3n) is 3.73. The molecule has 0 saturated carbocycles. The second-order valence-electron chi connectivity index (χ2n) is 5.84. The van der Waals surface area contributed by atoms with E-state index in [4.69, 9.17) is 16.3 Å². The molecule has 0 spiro atoms. The largest absolute Gasteiger partial charge is 0.465 e. The normalized spacial score (nSPS) is 10.2. The zero-order valence-corrected chi connectivity index (χ0v) is 15.9. The highest BCUT2D eigenvalue weighted by Gasteiger charge is 2.12. The molecule has 28 heavy (non-hydrogen) atoms. The van der Waals surface area contributed by atoms with Crippen molar-refractivity contribution in [3.05, 3.63) is 76.7 Å². The van der Waals surface area contributed by atoms with Crippen LogP contribution >= 0.6 is 11.6 Å². The van der Waals surface area contributed by atoms with Gasteiger partial charge < -0.3 is 15.4 Å². The molecule has 0 bridgehead atoms. The van der Waals surface area contributed by atoms with Crippen LogP contribution in [0.2, 0.25) is 5.02 Å². The molecule has 0 aliphatic rings. The van der Waals surface area contributed by atoms with Gasteiger partial charge in [0.05, 0.1) is 12.7 Å². The van der Waals surface area contributed by atoms with Gasteiger partial charge in [0.1, 0.15) is 17.3 Å². The van der Waals surface area contributed by atoms with Gasteiger partial charge in [0.25, 0.3) is 5.91 Å². The average molecular weight is 397 g/mol. The monoisotopic (exact) mass is 396 g/mol. The number of hydrogen-bond donors (Lipinski definition) is 2. The number of carbonyl (C=O) groups is 2. The van der Waals surface area contributed by atoms with Crippen molar-refractivity contribution in [1.29, 1.82) is 0 Å². The maximum atomic E-state index is 12.5. The molecular weight excluding hydrogens is 380 g/mol. The fourth-order valence-electron chi connectivity index (χ4n) is 2.47. The number of esters is 1. The van der Waals surface area contributed by atoms with Crippen LogP contribution in [0.25, 0.3) is 0 Å². The van der Waals surface area contributed by atoms with Gasteiger partial charge in [-0.25, -0.2) is 14.8 Å². The fourth-order valence-corrected chi connectivity index (χ4v) is 2.59. The minimum Gasteiger partial charge on any atom is -0.465 e. The molecule has 0 unspecified atom stereocenters. The molecule has 8 heteroatoms. The Morgan fingerprint density at radius 1 is 1.00 bits per heavy atom. The standard InChI is InChI=1S/C20H17ClN4O3/c1-12-22-17(19(26)25-15-8-6-14(21)7-9-15)11-18(23-12)24-16-5-3-4-13(10-16)20(27)28-2/h3-11H,1-2H3,(H,25,26)(H,22,23,24). The molecule has 0 saturated heterocycles. The van der Waals surface area contributed by atoms with E-state index in [2.05, 4.69) is 20.6 Å². The van der Waals surface area contributed by atoms with E-state index in [1.807, 2.05) is 0 Å². The van der Waals surface area contributed by atoms with E-state index in [1.165, 1.54) is 13.2 Å². The van der Waals surface area contributed by atoms with Crippen molar-refractivity contribution >= 4 is 40.7 Å². The van der Waals surface area contributed by atoms with Gasteiger partial charge in [-0.2, -0.15) is 0 Å². The Bertz CT molecular complexity index is 1020. The van der Waals surface area contributed by atoms with Gasteiger partial charge in [0.2, 0.25) is 0 Å². The van der Waals surface area contributed by atoms with Crippen molar-refractivity contribution in [2.45, 2.75) is 6.92 Å². The summed E-state index contributed by atoms with van der Waals surface area (Å²) >= 11 is 5.85. The number of carbonyl (C=O) groups excluding carboxylic acids is 2. The first-order valence-electron chi connectivity index (χ1n) is 8.32. The number of methoxy groups -OCH3 is 1. The van der Waals surface area contributed by atoms with E-state index in [1.54, 1.807) is 55.5 Å². The smallest absolute Gasteiger partial charge is 0.337 e. The van der Waals surface area contributed by atoms with Gasteiger partial charge >= 0.3 is 5.97 Å². The van der Waals surface area contributed by atoms with Crippen LogP contribution < -0.4 is 10.6 Å². The molecule has 0 aliphatic carbocycles. The minimum absolute atomic E-state index is 0.203. The molecule has 2 N–H and O–H groups in total. The second kappa shape index (κ2) is 8.49. The van der Waals surface area contributed by atoms with Gasteiger partial charge in [-0.1, -0.05) is 17.7 Å². The highest BCUT2D eigenvalue weighted by Crippen LogP contribution is 2.19. The first kappa shape index (κ1) is 19.3. The molecule has 3 aromatic rings. The topological polar surface area (TPSA) is 93.2 Å². The summed E-state index contributed by atoms with van der Waals surface area (Å²) < 4.78 is 4.72. The number of halogens is 1. The predicted octanol–water partition coefficient (Wildman–Crippen LogP) is 4.22. The number of ether oxygens (including phenoxy) is 1. The van der Waals surface area contributed by atoms with Crippen LogP contribution in [-0.4, -0.2) is 29.0 Å². The predicted molar refractivity (Wildman–Crippen MR) is 107 cm³/mol. The lowest BCUT2D eigenvalue weighted by Crippen LogP contribution is -2.15. The van der Waals surface area contributed by atoms with E-state index in [9.17, 15) is 9.59 Å². The summed E-state index contributed by atoms with van der Waals surface area (Å²) in [5.41, 5.74) is 1.84. The SMILES string of the molecule is COC(=O)c1cccc(Nc2cc(C(=O)Nc3ccc(Cl)cc3)nc(C)n2)c1. The summed E-state index contributed by atoms with van der Waals surface area (Å²) in [6, 6.07) is 15.1. The number of anilines is 3. The highest BCUT2D eigenvalue weighted by atomic mass is 35.5. The Kier molecular flexibility index (Phi) is 5.86. The van der Waals surface area contributed by atoms with Crippen LogP contribution in [0.4, 0.5) is 17.2 Å². The van der Waals surface area contributed by atoms with Crippen molar-refractivity contribution in [2.24, 2.45) is 0 Å². The van der Waals surface area contributed by atoms with E-state index in [-0.39, 0.29) is 11.6 Å². The third kappa shape index (κ3) is 4.83. The van der Waals surface area contributed by atoms with E-state index in [0.717, 1.165) is 0 Å². The number of rotatable bonds is 5. The lowest BCUT2D eigenvalue weighted by molar-refractivity contribution is 0.0600. The van der Waals surface area contributed by atoms with Crippen molar-refractivity contribution in [1.82, 2.24) is 9.97 Å². The number of aromatic nitrogens is 2. The molecular formula is C20H17ClN4O3. The molecule has 3 rings (SSSR count). The zero-order valence-electron chi connectivity index (χ0n) is 15.2. The van der Waals surface area contributed by atoms with Crippen LogP contribution in [0.3, 0.4) is 0 Å². The minimum atomic E-state index is -0.439. The lowest BCUT2D eigenvalue weighted by atomic mass is 10.2. The Hall–Kier alpha value is -3.45. The number of aryl methyl sites for hydroxylation is 1. The van der Waals surface area contributed by atoms with Crippen LogP contribution in [0, 0.1) is 6.92 Å². The number of amides is 1. The Balaban J connectivity index is 1.80. The van der Waals surface area contributed by atoms with Crippen molar-refractivity contribution in [3.63, 3.8) is 0 Å². The summed E-state index contributed by atoms with van der Waals surface area (Å²) in [6.07, 6.45) is 0. The summed E-state index contributed by atoms with van der Waals surface area (Å²) in [7, 11) is 1.32. The molecule has 0 fully saturated rings. The molecule has 0 atom stereocenters. The fraction of sp³-hybridized carbons (Fsp3) is 0.100.